The predicted octanol–water partition coefficient (Wildman–Crippen LogP) is 3.45. The molecule has 1 unspecified atom stereocenters. The zero-order valence-electron chi connectivity index (χ0n) is 15.6. The van der Waals surface area contributed by atoms with Crippen LogP contribution in [0.1, 0.15) is 39.3 Å². The molecule has 0 bridgehead atoms. The van der Waals surface area contributed by atoms with Crippen LogP contribution in [0.3, 0.4) is 0 Å². The summed E-state index contributed by atoms with van der Waals surface area (Å²) >= 11 is -1.27. The third-order valence-electron chi connectivity index (χ3n) is 4.12. The summed E-state index contributed by atoms with van der Waals surface area (Å²) in [6, 6.07) is 4.34. The summed E-state index contributed by atoms with van der Waals surface area (Å²) in [5.74, 6) is -0.335. The summed E-state index contributed by atoms with van der Waals surface area (Å²) < 4.78 is 34.6. The monoisotopic (exact) mass is 383 g/mol. The van der Waals surface area contributed by atoms with Crippen molar-refractivity contribution in [3.05, 3.63) is 40.0 Å². The zero-order chi connectivity index (χ0) is 19.3. The predicted molar refractivity (Wildman–Crippen MR) is 102 cm³/mol. The first-order chi connectivity index (χ1) is 12.2. The molecule has 1 heterocycles. The Morgan fingerprint density at radius 3 is 2.92 bits per heavy atom. The van der Waals surface area contributed by atoms with Crippen LogP contribution in [0.2, 0.25) is 0 Å². The zero-order valence-corrected chi connectivity index (χ0v) is 16.4. The van der Waals surface area contributed by atoms with Crippen LogP contribution in [0.15, 0.2) is 23.3 Å². The summed E-state index contributed by atoms with van der Waals surface area (Å²) in [5, 5.41) is 3.58. The molecule has 1 aliphatic heterocycles. The van der Waals surface area contributed by atoms with E-state index in [1.54, 1.807) is 6.07 Å². The van der Waals surface area contributed by atoms with E-state index in [0.29, 0.717) is 19.7 Å². The fourth-order valence-electron chi connectivity index (χ4n) is 2.74. The Bertz CT molecular complexity index is 663. The number of anilines is 1. The second-order valence-corrected chi connectivity index (χ2v) is 9.27. The number of halogens is 1. The number of hydrogen-bond acceptors (Lipinski definition) is 5. The van der Waals surface area contributed by atoms with Crippen molar-refractivity contribution in [1.82, 2.24) is 4.72 Å². The van der Waals surface area contributed by atoms with E-state index in [1.165, 1.54) is 12.1 Å². The van der Waals surface area contributed by atoms with Crippen LogP contribution in [0.4, 0.5) is 10.1 Å². The molecule has 0 saturated carbocycles. The van der Waals surface area contributed by atoms with Gasteiger partial charge in [0.15, 0.2) is 0 Å². The van der Waals surface area contributed by atoms with Gasteiger partial charge in [-0.05, 0) is 57.0 Å². The molecule has 1 aromatic rings. The normalized spacial score (nSPS) is 20.4. The van der Waals surface area contributed by atoms with E-state index in [9.17, 15) is 8.94 Å². The molecule has 3 atom stereocenters. The Balaban J connectivity index is 2.22. The third kappa shape index (κ3) is 5.49. The van der Waals surface area contributed by atoms with Gasteiger partial charge < -0.3 is 14.2 Å². The van der Waals surface area contributed by atoms with Crippen LogP contribution in [0.5, 0.6) is 0 Å². The fourth-order valence-corrected chi connectivity index (χ4v) is 3.54. The number of azide groups is 1. The molecule has 1 aliphatic rings. The molecule has 1 fully saturated rings. The van der Waals surface area contributed by atoms with Crippen molar-refractivity contribution in [2.75, 3.05) is 31.1 Å². The highest BCUT2D eigenvalue weighted by molar-refractivity contribution is 7.90. The van der Waals surface area contributed by atoms with E-state index >= 15 is 0 Å². The maximum atomic E-state index is 13.9. The second-order valence-electron chi connectivity index (χ2n) is 7.28. The molecular formula is C17H26FN5O2S. The summed E-state index contributed by atoms with van der Waals surface area (Å²) in [5.41, 5.74) is 10.1. The van der Waals surface area contributed by atoms with Gasteiger partial charge in [-0.25, -0.2) is 4.39 Å². The molecule has 7 nitrogen and oxygen atoms in total. The Labute approximate surface area is 156 Å². The fraction of sp³-hybridized carbons (Fsp3) is 0.647. The molecule has 0 aromatic heterocycles. The molecule has 144 valence electrons. The molecule has 26 heavy (non-hydrogen) atoms. The summed E-state index contributed by atoms with van der Waals surface area (Å²) in [6.07, 6.45) is -0.204. The minimum Gasteiger partial charge on any atom is -0.598 e. The molecule has 0 amide bonds. The number of nitrogens with zero attached hydrogens (tertiary/aromatic N) is 4. The van der Waals surface area contributed by atoms with Crippen molar-refractivity contribution in [3.63, 3.8) is 0 Å². The highest BCUT2D eigenvalue weighted by Crippen LogP contribution is 2.30. The number of benzene rings is 1. The first-order valence-electron chi connectivity index (χ1n) is 8.57. The Hall–Kier alpha value is -1.51. The highest BCUT2D eigenvalue weighted by atomic mass is 32.2. The first kappa shape index (κ1) is 20.8. The Morgan fingerprint density at radius 2 is 2.27 bits per heavy atom. The average Bonchev–Trinajstić information content (AvgIpc) is 2.59. The lowest BCUT2D eigenvalue weighted by atomic mass is 10.0. The minimum atomic E-state index is -1.27. The van der Waals surface area contributed by atoms with Crippen molar-refractivity contribution in [2.45, 2.75) is 44.6 Å². The molecule has 1 N–H and O–H groups in total. The standard InChI is InChI=1S/C17H26FN5O2S/c1-12(21-26(24)17(2,3)4)15-9-13(18)5-6-16(15)23-7-8-25-14(11-23)10-20-22-19/h5-6,9,12,14,21H,7-8,10-11H2,1-4H3/t12?,14-,26+/m0/s1. The topological polar surface area (TPSA) is 96.3 Å². The van der Waals surface area contributed by atoms with Crippen LogP contribution in [-0.2, 0) is 16.1 Å². The second kappa shape index (κ2) is 8.92. The lowest BCUT2D eigenvalue weighted by Gasteiger charge is -2.36. The summed E-state index contributed by atoms with van der Waals surface area (Å²) in [7, 11) is 0. The van der Waals surface area contributed by atoms with Crippen molar-refractivity contribution >= 4 is 17.0 Å². The van der Waals surface area contributed by atoms with Gasteiger partial charge in [-0.15, -0.1) is 4.72 Å². The SMILES string of the molecule is CC(N[S@+]([O-])C(C)(C)C)c1cc(F)ccc1N1CCO[C@@H](CN=[N+]=[N-])C1. The van der Waals surface area contributed by atoms with E-state index in [1.807, 2.05) is 27.7 Å². The quantitative estimate of drug-likeness (QED) is 0.352. The van der Waals surface area contributed by atoms with Gasteiger partial charge in [0.1, 0.15) is 10.6 Å². The van der Waals surface area contributed by atoms with Gasteiger partial charge in [0.25, 0.3) is 0 Å². The van der Waals surface area contributed by atoms with Crippen LogP contribution >= 0.6 is 0 Å². The van der Waals surface area contributed by atoms with Crippen molar-refractivity contribution in [1.29, 1.82) is 0 Å². The first-order valence-corrected chi connectivity index (χ1v) is 9.72. The highest BCUT2D eigenvalue weighted by Gasteiger charge is 2.30. The summed E-state index contributed by atoms with van der Waals surface area (Å²) in [4.78, 5) is 4.86. The van der Waals surface area contributed by atoms with Crippen molar-refractivity contribution in [3.8, 4) is 0 Å². The van der Waals surface area contributed by atoms with Gasteiger partial charge in [0, 0.05) is 35.1 Å². The molecule has 0 aliphatic carbocycles. The van der Waals surface area contributed by atoms with Gasteiger partial charge in [0.2, 0.25) is 0 Å². The molecule has 9 heteroatoms. The summed E-state index contributed by atoms with van der Waals surface area (Å²) in [6.45, 7) is 9.49. The number of morpholine rings is 1. The number of rotatable bonds is 6. The van der Waals surface area contributed by atoms with Gasteiger partial charge in [-0.3, -0.25) is 0 Å². The lowest BCUT2D eigenvalue weighted by Crippen LogP contribution is -2.45. The van der Waals surface area contributed by atoms with Crippen LogP contribution < -0.4 is 9.62 Å². The molecule has 2 rings (SSSR count). The third-order valence-corrected chi connectivity index (χ3v) is 5.80. The maximum Gasteiger partial charge on any atom is 0.136 e. The Morgan fingerprint density at radius 1 is 1.54 bits per heavy atom. The van der Waals surface area contributed by atoms with Gasteiger partial charge >= 0.3 is 0 Å². The van der Waals surface area contributed by atoms with Crippen LogP contribution in [0, 0.1) is 5.82 Å². The lowest BCUT2D eigenvalue weighted by molar-refractivity contribution is 0.0465. The average molecular weight is 383 g/mol. The molecule has 0 spiro atoms. The number of nitrogens with one attached hydrogen (secondary N) is 1. The van der Waals surface area contributed by atoms with Gasteiger partial charge in [-0.1, -0.05) is 5.11 Å². The van der Waals surface area contributed by atoms with Crippen LogP contribution in [0.25, 0.3) is 10.4 Å². The molecule has 0 radical (unpaired) electrons. The van der Waals surface area contributed by atoms with E-state index in [4.69, 9.17) is 10.3 Å². The minimum absolute atomic E-state index is 0.204. The van der Waals surface area contributed by atoms with Crippen molar-refractivity contribution < 1.29 is 13.7 Å². The van der Waals surface area contributed by atoms with E-state index < -0.39 is 16.1 Å². The number of ether oxygens (including phenoxy) is 1. The van der Waals surface area contributed by atoms with E-state index in [0.717, 1.165) is 11.3 Å². The van der Waals surface area contributed by atoms with Crippen LogP contribution in [-0.4, -0.2) is 41.6 Å². The smallest absolute Gasteiger partial charge is 0.136 e. The van der Waals surface area contributed by atoms with Crippen molar-refractivity contribution in [2.24, 2.45) is 5.11 Å². The van der Waals surface area contributed by atoms with Gasteiger partial charge in [0.05, 0.1) is 25.3 Å². The molecule has 1 saturated heterocycles. The Kier molecular flexibility index (Phi) is 7.14. The largest absolute Gasteiger partial charge is 0.598 e. The van der Waals surface area contributed by atoms with E-state index in [2.05, 4.69) is 19.6 Å². The van der Waals surface area contributed by atoms with E-state index in [-0.39, 0.29) is 24.5 Å². The molecule has 1 aromatic carbocycles. The maximum absolute atomic E-state index is 13.9. The molecular weight excluding hydrogens is 357 g/mol. The van der Waals surface area contributed by atoms with Gasteiger partial charge in [-0.2, -0.15) is 0 Å². The number of hydrogen-bond donors (Lipinski definition) is 1.